The molecule has 1 N–H and O–H groups in total. The fourth-order valence-corrected chi connectivity index (χ4v) is 6.88. The maximum atomic E-state index is 13.9. The van der Waals surface area contributed by atoms with E-state index in [1.807, 2.05) is 42.6 Å². The first kappa shape index (κ1) is 22.8. The number of rotatable bonds is 9. The van der Waals surface area contributed by atoms with E-state index in [9.17, 15) is 8.42 Å². The van der Waals surface area contributed by atoms with Gasteiger partial charge in [-0.2, -0.15) is 22.3 Å². The van der Waals surface area contributed by atoms with Gasteiger partial charge in [0, 0.05) is 45.3 Å². The largest absolute Gasteiger partial charge is 0.353 e. The number of benzene rings is 1. The third kappa shape index (κ3) is 4.39. The van der Waals surface area contributed by atoms with Crippen molar-refractivity contribution in [3.63, 3.8) is 0 Å². The fourth-order valence-electron chi connectivity index (χ4n) is 4.88. The van der Waals surface area contributed by atoms with Crippen molar-refractivity contribution >= 4 is 27.1 Å². The number of hydrogen-bond donors (Lipinski definition) is 1. The van der Waals surface area contributed by atoms with E-state index in [0.717, 1.165) is 35.3 Å². The molecule has 0 amide bonds. The van der Waals surface area contributed by atoms with Crippen LogP contribution in [0.4, 0.5) is 5.82 Å². The summed E-state index contributed by atoms with van der Waals surface area (Å²) < 4.78 is 31.1. The zero-order chi connectivity index (χ0) is 23.6. The lowest BCUT2D eigenvalue weighted by molar-refractivity contribution is 0.244. The van der Waals surface area contributed by atoms with E-state index in [1.54, 1.807) is 14.9 Å². The molecule has 5 rings (SSSR count). The number of hydrogen-bond acceptors (Lipinski definition) is 6. The molecule has 10 heteroatoms. The van der Waals surface area contributed by atoms with E-state index in [1.165, 1.54) is 0 Å². The van der Waals surface area contributed by atoms with Crippen LogP contribution in [-0.2, 0) is 16.6 Å². The Labute approximate surface area is 200 Å². The smallest absolute Gasteiger partial charge is 0.282 e. The van der Waals surface area contributed by atoms with E-state index >= 15 is 0 Å². The summed E-state index contributed by atoms with van der Waals surface area (Å²) in [6, 6.07) is 14.0. The molecule has 178 valence electrons. The lowest BCUT2D eigenvalue weighted by Gasteiger charge is -2.43. The number of fused-ring (bicyclic) bond motifs is 1. The normalized spacial score (nSPS) is 17.9. The van der Waals surface area contributed by atoms with Crippen molar-refractivity contribution in [2.24, 2.45) is 0 Å². The lowest BCUT2D eigenvalue weighted by Crippen LogP contribution is -2.60. The van der Waals surface area contributed by atoms with Gasteiger partial charge in [-0.3, -0.25) is 0 Å². The Balaban J connectivity index is 1.35. The number of nitriles is 1. The van der Waals surface area contributed by atoms with Crippen LogP contribution in [0.15, 0.2) is 48.9 Å². The zero-order valence-corrected chi connectivity index (χ0v) is 19.9. The molecule has 1 saturated carbocycles. The van der Waals surface area contributed by atoms with Crippen LogP contribution in [-0.4, -0.2) is 70.2 Å². The Morgan fingerprint density at radius 1 is 1.12 bits per heavy atom. The van der Waals surface area contributed by atoms with Crippen LogP contribution in [0.5, 0.6) is 0 Å². The third-order valence-electron chi connectivity index (χ3n) is 6.84. The first-order chi connectivity index (χ1) is 16.5. The highest BCUT2D eigenvalue weighted by molar-refractivity contribution is 7.86. The third-order valence-corrected chi connectivity index (χ3v) is 8.99. The van der Waals surface area contributed by atoms with Gasteiger partial charge in [-0.05, 0) is 37.3 Å². The van der Waals surface area contributed by atoms with E-state index in [0.29, 0.717) is 52.0 Å². The number of H-pyrrole nitrogens is 1. The molecule has 1 aromatic carbocycles. The summed E-state index contributed by atoms with van der Waals surface area (Å²) in [6.45, 7) is 2.37. The second kappa shape index (κ2) is 9.33. The first-order valence-corrected chi connectivity index (χ1v) is 13.2. The molecule has 0 radical (unpaired) electrons. The van der Waals surface area contributed by atoms with Crippen LogP contribution >= 0.6 is 0 Å². The Morgan fingerprint density at radius 3 is 2.71 bits per heavy atom. The SMILES string of the molecule is N#CCCCN(CCc1ccccc1)S(=O)(=O)N1CCN(c2ncnc3[nH]ccc23)CC12CC2. The number of aromatic amines is 1. The van der Waals surface area contributed by atoms with Crippen molar-refractivity contribution in [1.29, 1.82) is 5.26 Å². The molecule has 1 spiro atoms. The maximum Gasteiger partial charge on any atom is 0.282 e. The molecule has 3 heterocycles. The molecule has 2 aliphatic rings. The number of piperazine rings is 1. The topological polar surface area (TPSA) is 109 Å². The highest BCUT2D eigenvalue weighted by atomic mass is 32.2. The molecule has 1 aliphatic carbocycles. The highest BCUT2D eigenvalue weighted by Crippen LogP contribution is 2.47. The average molecular weight is 480 g/mol. The zero-order valence-electron chi connectivity index (χ0n) is 19.1. The van der Waals surface area contributed by atoms with Crippen LogP contribution in [0.2, 0.25) is 0 Å². The van der Waals surface area contributed by atoms with Crippen molar-refractivity contribution in [3.8, 4) is 6.07 Å². The Kier molecular flexibility index (Phi) is 6.25. The monoisotopic (exact) mass is 479 g/mol. The van der Waals surface area contributed by atoms with Crippen LogP contribution in [0.1, 0.15) is 31.2 Å². The van der Waals surface area contributed by atoms with Crippen LogP contribution in [0.3, 0.4) is 0 Å². The second-order valence-corrected chi connectivity index (χ2v) is 10.9. The summed E-state index contributed by atoms with van der Waals surface area (Å²) in [7, 11) is -3.67. The van der Waals surface area contributed by atoms with Gasteiger partial charge in [-0.25, -0.2) is 9.97 Å². The van der Waals surface area contributed by atoms with E-state index in [2.05, 4.69) is 25.9 Å². The predicted octanol–water partition coefficient (Wildman–Crippen LogP) is 2.71. The van der Waals surface area contributed by atoms with Gasteiger partial charge in [0.25, 0.3) is 10.2 Å². The minimum atomic E-state index is -3.67. The van der Waals surface area contributed by atoms with Crippen molar-refractivity contribution in [3.05, 3.63) is 54.5 Å². The van der Waals surface area contributed by atoms with Crippen molar-refractivity contribution in [2.75, 3.05) is 37.6 Å². The van der Waals surface area contributed by atoms with Gasteiger partial charge in [0.15, 0.2) is 0 Å². The van der Waals surface area contributed by atoms with Crippen molar-refractivity contribution in [1.82, 2.24) is 23.6 Å². The van der Waals surface area contributed by atoms with Crippen molar-refractivity contribution in [2.45, 2.75) is 37.6 Å². The fraction of sp³-hybridized carbons (Fsp3) is 0.458. The second-order valence-electron chi connectivity index (χ2n) is 9.06. The van der Waals surface area contributed by atoms with Gasteiger partial charge in [0.2, 0.25) is 0 Å². The molecule has 0 unspecified atom stereocenters. The number of nitrogens with zero attached hydrogens (tertiary/aromatic N) is 6. The van der Waals surface area contributed by atoms with Gasteiger partial charge >= 0.3 is 0 Å². The molecular formula is C24H29N7O2S. The first-order valence-electron chi connectivity index (χ1n) is 11.8. The van der Waals surface area contributed by atoms with Gasteiger partial charge in [0.05, 0.1) is 17.0 Å². The van der Waals surface area contributed by atoms with Gasteiger partial charge < -0.3 is 9.88 Å². The lowest BCUT2D eigenvalue weighted by atomic mass is 10.1. The summed E-state index contributed by atoms with van der Waals surface area (Å²) in [5.41, 5.74) is 1.49. The predicted molar refractivity (Wildman–Crippen MR) is 130 cm³/mol. The summed E-state index contributed by atoms with van der Waals surface area (Å²) in [4.78, 5) is 14.1. The highest BCUT2D eigenvalue weighted by Gasteiger charge is 2.57. The minimum Gasteiger partial charge on any atom is -0.353 e. The van der Waals surface area contributed by atoms with Crippen molar-refractivity contribution < 1.29 is 8.42 Å². The minimum absolute atomic E-state index is 0.344. The Bertz CT molecular complexity index is 1280. The Morgan fingerprint density at radius 2 is 1.94 bits per heavy atom. The molecule has 9 nitrogen and oxygen atoms in total. The molecule has 1 saturated heterocycles. The summed E-state index contributed by atoms with van der Waals surface area (Å²) >= 11 is 0. The molecule has 34 heavy (non-hydrogen) atoms. The molecule has 3 aromatic rings. The molecule has 0 bridgehead atoms. The number of anilines is 1. The number of unbranched alkanes of at least 4 members (excludes halogenated alkanes) is 1. The Hall–Kier alpha value is -3.00. The molecule has 2 aromatic heterocycles. The van der Waals surface area contributed by atoms with Crippen LogP contribution < -0.4 is 4.90 Å². The number of aromatic nitrogens is 3. The quantitative estimate of drug-likeness (QED) is 0.473. The maximum absolute atomic E-state index is 13.9. The van der Waals surface area contributed by atoms with E-state index in [-0.39, 0.29) is 0 Å². The molecular weight excluding hydrogens is 450 g/mol. The van der Waals surface area contributed by atoms with Gasteiger partial charge in [-0.15, -0.1) is 0 Å². The summed E-state index contributed by atoms with van der Waals surface area (Å²) in [5.74, 6) is 0.851. The number of nitrogens with one attached hydrogen (secondary N) is 1. The molecule has 1 aliphatic heterocycles. The van der Waals surface area contributed by atoms with E-state index in [4.69, 9.17) is 5.26 Å². The van der Waals surface area contributed by atoms with Crippen LogP contribution in [0, 0.1) is 11.3 Å². The molecule has 2 fully saturated rings. The standard InChI is InChI=1S/C24H29N7O2S/c25-12-4-5-14-30(15-9-20-6-2-1-3-7-20)34(32,33)31-17-16-29(18-24(31)10-11-24)23-21-8-13-26-22(21)27-19-28-23/h1-3,6-8,13,19H,4-5,9-11,14-18H2,(H,26,27,28). The van der Waals surface area contributed by atoms with Crippen LogP contribution in [0.25, 0.3) is 11.0 Å². The van der Waals surface area contributed by atoms with E-state index < -0.39 is 15.7 Å². The molecule has 0 atom stereocenters. The summed E-state index contributed by atoms with van der Waals surface area (Å²) in [5, 5.41) is 9.94. The van der Waals surface area contributed by atoms with Gasteiger partial charge in [-0.1, -0.05) is 30.3 Å². The van der Waals surface area contributed by atoms with Gasteiger partial charge in [0.1, 0.15) is 17.8 Å². The average Bonchev–Trinajstić information content (AvgIpc) is 3.42. The summed E-state index contributed by atoms with van der Waals surface area (Å²) in [6.07, 6.45) is 6.61.